The molecule has 0 saturated heterocycles. The number of hydrogen-bond donors (Lipinski definition) is 1. The molecule has 0 aliphatic carbocycles. The van der Waals surface area contributed by atoms with Crippen molar-refractivity contribution >= 4 is 5.69 Å². The van der Waals surface area contributed by atoms with Gasteiger partial charge in [-0.3, -0.25) is 10.1 Å². The molecule has 0 aromatic heterocycles. The van der Waals surface area contributed by atoms with Gasteiger partial charge < -0.3 is 5.73 Å². The minimum Gasteiger partial charge on any atom is -0.328 e. The second-order valence-corrected chi connectivity index (χ2v) is 3.55. The predicted octanol–water partition coefficient (Wildman–Crippen LogP) is 2.01. The average Bonchev–Trinajstić information content (AvgIpc) is 2.14. The van der Waals surface area contributed by atoms with E-state index in [1.54, 1.807) is 0 Å². The summed E-state index contributed by atoms with van der Waals surface area (Å²) in [6.45, 7) is 1.81. The van der Waals surface area contributed by atoms with Crippen molar-refractivity contribution in [1.82, 2.24) is 0 Å². The second kappa shape index (κ2) is 4.84. The second-order valence-electron chi connectivity index (χ2n) is 3.55. The van der Waals surface area contributed by atoms with Crippen LogP contribution < -0.4 is 5.73 Å². The Bertz CT molecular complexity index is 366. The van der Waals surface area contributed by atoms with E-state index in [0.29, 0.717) is 18.4 Å². The SMILES string of the molecule is CC(N)CCc1cc(F)ccc1[N+](=O)[O-]. The molecular weight excluding hydrogens is 199 g/mol. The molecule has 1 unspecified atom stereocenters. The molecule has 1 aromatic carbocycles. The van der Waals surface area contributed by atoms with Gasteiger partial charge >= 0.3 is 0 Å². The highest BCUT2D eigenvalue weighted by Gasteiger charge is 2.14. The van der Waals surface area contributed by atoms with Gasteiger partial charge in [0.05, 0.1) is 4.92 Å². The van der Waals surface area contributed by atoms with Gasteiger partial charge in [0.25, 0.3) is 5.69 Å². The topological polar surface area (TPSA) is 69.2 Å². The summed E-state index contributed by atoms with van der Waals surface area (Å²) in [6.07, 6.45) is 1.02. The van der Waals surface area contributed by atoms with Crippen molar-refractivity contribution in [2.45, 2.75) is 25.8 Å². The monoisotopic (exact) mass is 212 g/mol. The summed E-state index contributed by atoms with van der Waals surface area (Å²) in [5.74, 6) is -0.458. The number of hydrogen-bond acceptors (Lipinski definition) is 3. The van der Waals surface area contributed by atoms with Gasteiger partial charge in [0.2, 0.25) is 0 Å². The van der Waals surface area contributed by atoms with Gasteiger partial charge in [0.15, 0.2) is 0 Å². The number of nitrogens with zero attached hydrogens (tertiary/aromatic N) is 1. The molecule has 0 fully saturated rings. The molecule has 0 bridgehead atoms. The molecule has 1 atom stereocenters. The molecule has 4 nitrogen and oxygen atoms in total. The Morgan fingerprint density at radius 3 is 2.80 bits per heavy atom. The Kier molecular flexibility index (Phi) is 3.74. The van der Waals surface area contributed by atoms with Gasteiger partial charge in [-0.05, 0) is 31.9 Å². The number of halogens is 1. The van der Waals surface area contributed by atoms with Crippen LogP contribution in [0.15, 0.2) is 18.2 Å². The molecule has 0 heterocycles. The largest absolute Gasteiger partial charge is 0.328 e. The Morgan fingerprint density at radius 1 is 1.60 bits per heavy atom. The number of nitro benzene ring substituents is 1. The Hall–Kier alpha value is -1.49. The van der Waals surface area contributed by atoms with Crippen LogP contribution in [0.1, 0.15) is 18.9 Å². The third kappa shape index (κ3) is 3.28. The van der Waals surface area contributed by atoms with Crippen LogP contribution in [0.2, 0.25) is 0 Å². The van der Waals surface area contributed by atoms with Crippen molar-refractivity contribution in [3.8, 4) is 0 Å². The van der Waals surface area contributed by atoms with Crippen molar-refractivity contribution in [3.05, 3.63) is 39.7 Å². The van der Waals surface area contributed by atoms with Gasteiger partial charge in [-0.2, -0.15) is 0 Å². The smallest absolute Gasteiger partial charge is 0.272 e. The zero-order chi connectivity index (χ0) is 11.4. The number of benzene rings is 1. The van der Waals surface area contributed by atoms with Crippen LogP contribution in [0, 0.1) is 15.9 Å². The number of aryl methyl sites for hydroxylation is 1. The van der Waals surface area contributed by atoms with E-state index in [9.17, 15) is 14.5 Å². The van der Waals surface area contributed by atoms with Crippen molar-refractivity contribution in [2.24, 2.45) is 5.73 Å². The maximum absolute atomic E-state index is 12.9. The Balaban J connectivity index is 2.92. The number of nitro groups is 1. The molecular formula is C10H13FN2O2. The quantitative estimate of drug-likeness (QED) is 0.613. The first kappa shape index (κ1) is 11.6. The summed E-state index contributed by atoms with van der Waals surface area (Å²) in [7, 11) is 0. The Labute approximate surface area is 87.0 Å². The van der Waals surface area contributed by atoms with E-state index in [1.165, 1.54) is 12.1 Å². The lowest BCUT2D eigenvalue weighted by Crippen LogP contribution is -2.15. The van der Waals surface area contributed by atoms with Crippen LogP contribution in [0.4, 0.5) is 10.1 Å². The third-order valence-electron chi connectivity index (χ3n) is 2.11. The van der Waals surface area contributed by atoms with Gasteiger partial charge in [0, 0.05) is 17.7 Å². The molecule has 0 aliphatic rings. The van der Waals surface area contributed by atoms with Gasteiger partial charge in [-0.25, -0.2) is 4.39 Å². The number of rotatable bonds is 4. The molecule has 15 heavy (non-hydrogen) atoms. The van der Waals surface area contributed by atoms with Crippen LogP contribution in [0.3, 0.4) is 0 Å². The predicted molar refractivity (Wildman–Crippen MR) is 55.0 cm³/mol. The van der Waals surface area contributed by atoms with Crippen molar-refractivity contribution < 1.29 is 9.31 Å². The zero-order valence-corrected chi connectivity index (χ0v) is 8.44. The van der Waals surface area contributed by atoms with Gasteiger partial charge in [-0.1, -0.05) is 0 Å². The lowest BCUT2D eigenvalue weighted by atomic mass is 10.0. The van der Waals surface area contributed by atoms with E-state index >= 15 is 0 Å². The number of nitrogens with two attached hydrogens (primary N) is 1. The molecule has 0 radical (unpaired) electrons. The maximum Gasteiger partial charge on any atom is 0.272 e. The van der Waals surface area contributed by atoms with E-state index in [1.807, 2.05) is 6.92 Å². The summed E-state index contributed by atoms with van der Waals surface area (Å²) < 4.78 is 12.9. The first-order chi connectivity index (χ1) is 7.00. The van der Waals surface area contributed by atoms with Crippen LogP contribution in [-0.4, -0.2) is 11.0 Å². The first-order valence-electron chi connectivity index (χ1n) is 4.69. The minimum atomic E-state index is -0.504. The minimum absolute atomic E-state index is 0.0444. The summed E-state index contributed by atoms with van der Waals surface area (Å²) in [6, 6.07) is 3.42. The molecule has 0 amide bonds. The van der Waals surface area contributed by atoms with Crippen LogP contribution in [-0.2, 0) is 6.42 Å². The summed E-state index contributed by atoms with van der Waals surface area (Å²) in [5, 5.41) is 10.6. The fraction of sp³-hybridized carbons (Fsp3) is 0.400. The summed E-state index contributed by atoms with van der Waals surface area (Å²) in [5.41, 5.74) is 5.90. The van der Waals surface area contributed by atoms with E-state index in [0.717, 1.165) is 6.07 Å². The molecule has 5 heteroatoms. The van der Waals surface area contributed by atoms with Crippen molar-refractivity contribution in [3.63, 3.8) is 0 Å². The third-order valence-corrected chi connectivity index (χ3v) is 2.11. The zero-order valence-electron chi connectivity index (χ0n) is 8.44. The highest BCUT2D eigenvalue weighted by Crippen LogP contribution is 2.21. The molecule has 82 valence electrons. The van der Waals surface area contributed by atoms with Crippen molar-refractivity contribution in [1.29, 1.82) is 0 Å². The van der Waals surface area contributed by atoms with E-state index in [4.69, 9.17) is 5.73 Å². The summed E-state index contributed by atoms with van der Waals surface area (Å²) >= 11 is 0. The molecule has 0 aliphatic heterocycles. The Morgan fingerprint density at radius 2 is 2.27 bits per heavy atom. The van der Waals surface area contributed by atoms with Gasteiger partial charge in [0.1, 0.15) is 5.82 Å². The fourth-order valence-electron chi connectivity index (χ4n) is 1.32. The van der Waals surface area contributed by atoms with E-state index in [-0.39, 0.29) is 11.7 Å². The molecule has 1 rings (SSSR count). The fourth-order valence-corrected chi connectivity index (χ4v) is 1.32. The molecule has 1 aromatic rings. The van der Waals surface area contributed by atoms with E-state index in [2.05, 4.69) is 0 Å². The van der Waals surface area contributed by atoms with E-state index < -0.39 is 10.7 Å². The lowest BCUT2D eigenvalue weighted by Gasteiger charge is -2.05. The maximum atomic E-state index is 12.9. The first-order valence-corrected chi connectivity index (χ1v) is 4.69. The van der Waals surface area contributed by atoms with Crippen LogP contribution >= 0.6 is 0 Å². The highest BCUT2D eigenvalue weighted by molar-refractivity contribution is 5.40. The molecule has 0 spiro atoms. The van der Waals surface area contributed by atoms with Crippen LogP contribution in [0.5, 0.6) is 0 Å². The average molecular weight is 212 g/mol. The highest BCUT2D eigenvalue weighted by atomic mass is 19.1. The lowest BCUT2D eigenvalue weighted by molar-refractivity contribution is -0.385. The van der Waals surface area contributed by atoms with Crippen molar-refractivity contribution in [2.75, 3.05) is 0 Å². The van der Waals surface area contributed by atoms with Gasteiger partial charge in [-0.15, -0.1) is 0 Å². The molecule has 0 saturated carbocycles. The molecule has 2 N–H and O–H groups in total. The normalized spacial score (nSPS) is 12.5. The summed E-state index contributed by atoms with van der Waals surface area (Å²) in [4.78, 5) is 10.1. The standard InChI is InChI=1S/C10H13FN2O2/c1-7(12)2-3-8-6-9(11)4-5-10(8)13(14)15/h4-7H,2-3,12H2,1H3. The van der Waals surface area contributed by atoms with Crippen LogP contribution in [0.25, 0.3) is 0 Å².